The van der Waals surface area contributed by atoms with Gasteiger partial charge in [-0.2, -0.15) is 18.3 Å². The first kappa shape index (κ1) is 19.6. The fraction of sp³-hybridized carbons (Fsp3) is 0.200. The van der Waals surface area contributed by atoms with Crippen molar-refractivity contribution in [3.8, 4) is 0 Å². The number of benzene rings is 1. The zero-order valence-electron chi connectivity index (χ0n) is 15.6. The second-order valence-electron chi connectivity index (χ2n) is 7.37. The van der Waals surface area contributed by atoms with Crippen molar-refractivity contribution in [2.45, 2.75) is 24.6 Å². The van der Waals surface area contributed by atoms with Gasteiger partial charge in [-0.25, -0.2) is 4.68 Å². The summed E-state index contributed by atoms with van der Waals surface area (Å²) in [7, 11) is 0. The van der Waals surface area contributed by atoms with Crippen molar-refractivity contribution in [1.29, 1.82) is 0 Å². The Morgan fingerprint density at radius 2 is 1.90 bits per heavy atom. The topological polar surface area (TPSA) is 88.9 Å². The van der Waals surface area contributed by atoms with E-state index in [1.807, 2.05) is 0 Å². The van der Waals surface area contributed by atoms with E-state index in [9.17, 15) is 22.8 Å². The summed E-state index contributed by atoms with van der Waals surface area (Å²) in [4.78, 5) is 29.8. The highest BCUT2D eigenvalue weighted by molar-refractivity contribution is 6.30. The number of hydrogen-bond acceptors (Lipinski definition) is 4. The standard InChI is InChI=1S/C20H13ClF3N5O2/c21-11-2-3-12(25-7-11)9-29-17-14(8-26-29)19(6-16(30)28-17)13-5-10(20(22,23)24)1-4-15(13)27-18(19)31/h1-5,7-8H,6,9H2,(H,27,31)(H,28,30). The maximum absolute atomic E-state index is 13.3. The Balaban J connectivity index is 1.65. The first-order valence-corrected chi connectivity index (χ1v) is 9.56. The highest BCUT2D eigenvalue weighted by atomic mass is 35.5. The van der Waals surface area contributed by atoms with E-state index in [4.69, 9.17) is 11.6 Å². The van der Waals surface area contributed by atoms with Crippen molar-refractivity contribution in [3.05, 3.63) is 70.1 Å². The van der Waals surface area contributed by atoms with Gasteiger partial charge in [-0.05, 0) is 35.9 Å². The third-order valence-electron chi connectivity index (χ3n) is 5.53. The van der Waals surface area contributed by atoms with E-state index in [-0.39, 0.29) is 30.0 Å². The number of rotatable bonds is 2. The average Bonchev–Trinajstić information content (AvgIpc) is 3.22. The van der Waals surface area contributed by atoms with Crippen LogP contribution in [0.15, 0.2) is 42.7 Å². The fourth-order valence-corrected chi connectivity index (χ4v) is 4.20. The van der Waals surface area contributed by atoms with Gasteiger partial charge in [0, 0.05) is 23.9 Å². The van der Waals surface area contributed by atoms with Crippen molar-refractivity contribution in [2.75, 3.05) is 10.6 Å². The molecule has 1 unspecified atom stereocenters. The normalized spacial score (nSPS) is 19.7. The van der Waals surface area contributed by atoms with E-state index >= 15 is 0 Å². The molecule has 31 heavy (non-hydrogen) atoms. The van der Waals surface area contributed by atoms with Crippen LogP contribution in [0.3, 0.4) is 0 Å². The summed E-state index contributed by atoms with van der Waals surface area (Å²) < 4.78 is 41.5. The minimum atomic E-state index is -4.59. The number of hydrogen-bond donors (Lipinski definition) is 2. The number of anilines is 2. The molecular weight excluding hydrogens is 435 g/mol. The number of carbonyl (C=O) groups excluding carboxylic acids is 2. The van der Waals surface area contributed by atoms with Gasteiger partial charge in [0.2, 0.25) is 11.8 Å². The molecule has 5 rings (SSSR count). The third-order valence-corrected chi connectivity index (χ3v) is 5.75. The Hall–Kier alpha value is -3.40. The first-order chi connectivity index (χ1) is 14.7. The number of fused-ring (bicyclic) bond motifs is 4. The van der Waals surface area contributed by atoms with Crippen molar-refractivity contribution >= 4 is 34.9 Å². The zero-order valence-corrected chi connectivity index (χ0v) is 16.4. The molecule has 1 spiro atoms. The van der Waals surface area contributed by atoms with Crippen molar-refractivity contribution in [2.24, 2.45) is 0 Å². The smallest absolute Gasteiger partial charge is 0.325 e. The van der Waals surface area contributed by atoms with Gasteiger partial charge >= 0.3 is 6.18 Å². The van der Waals surface area contributed by atoms with E-state index in [2.05, 4.69) is 20.7 Å². The van der Waals surface area contributed by atoms with Crippen LogP contribution in [0, 0.1) is 0 Å². The lowest BCUT2D eigenvalue weighted by Crippen LogP contribution is -2.43. The van der Waals surface area contributed by atoms with E-state index < -0.39 is 29.0 Å². The maximum Gasteiger partial charge on any atom is 0.416 e. The number of amides is 2. The molecule has 0 fully saturated rings. The van der Waals surface area contributed by atoms with Crippen molar-refractivity contribution in [1.82, 2.24) is 14.8 Å². The lowest BCUT2D eigenvalue weighted by atomic mass is 9.71. The van der Waals surface area contributed by atoms with Crippen LogP contribution < -0.4 is 10.6 Å². The Bertz CT molecular complexity index is 1240. The number of halogens is 4. The molecule has 11 heteroatoms. The summed E-state index contributed by atoms with van der Waals surface area (Å²) in [6.45, 7) is 0.167. The molecule has 2 amide bonds. The highest BCUT2D eigenvalue weighted by Crippen LogP contribution is 2.51. The average molecular weight is 448 g/mol. The van der Waals surface area contributed by atoms with Crippen LogP contribution in [0.2, 0.25) is 5.02 Å². The van der Waals surface area contributed by atoms with Crippen molar-refractivity contribution in [3.63, 3.8) is 0 Å². The van der Waals surface area contributed by atoms with Gasteiger partial charge in [-0.15, -0.1) is 0 Å². The molecule has 0 saturated carbocycles. The van der Waals surface area contributed by atoms with E-state index in [0.717, 1.165) is 12.1 Å². The van der Waals surface area contributed by atoms with Crippen LogP contribution in [-0.2, 0) is 27.7 Å². The van der Waals surface area contributed by atoms with Gasteiger partial charge in [0.15, 0.2) is 0 Å². The molecule has 0 bridgehead atoms. The van der Waals surface area contributed by atoms with Crippen LogP contribution in [0.25, 0.3) is 0 Å². The second kappa shape index (κ2) is 6.55. The molecule has 2 aliphatic rings. The van der Waals surface area contributed by atoms with Gasteiger partial charge in [0.05, 0.1) is 29.0 Å². The van der Waals surface area contributed by atoms with E-state index in [1.165, 1.54) is 23.1 Å². The molecule has 158 valence electrons. The zero-order chi connectivity index (χ0) is 22.0. The van der Waals surface area contributed by atoms with Crippen LogP contribution in [0.4, 0.5) is 24.7 Å². The molecule has 0 saturated heterocycles. The second-order valence-corrected chi connectivity index (χ2v) is 7.81. The molecule has 2 aliphatic heterocycles. The molecule has 2 N–H and O–H groups in total. The summed E-state index contributed by atoms with van der Waals surface area (Å²) >= 11 is 5.85. The Kier molecular flexibility index (Phi) is 4.13. The predicted molar refractivity (Wildman–Crippen MR) is 105 cm³/mol. The maximum atomic E-state index is 13.3. The van der Waals surface area contributed by atoms with Crippen molar-refractivity contribution < 1.29 is 22.8 Å². The summed E-state index contributed by atoms with van der Waals surface area (Å²) in [6.07, 6.45) is -2.05. The molecule has 0 radical (unpaired) electrons. The first-order valence-electron chi connectivity index (χ1n) is 9.18. The Morgan fingerprint density at radius 1 is 1.10 bits per heavy atom. The number of alkyl halides is 3. The minimum absolute atomic E-state index is 0.104. The molecule has 1 aromatic carbocycles. The lowest BCUT2D eigenvalue weighted by molar-refractivity contribution is -0.137. The summed E-state index contributed by atoms with van der Waals surface area (Å²) in [5.41, 5.74) is -1.22. The fourth-order valence-electron chi connectivity index (χ4n) is 4.09. The number of nitrogens with zero attached hydrogens (tertiary/aromatic N) is 3. The van der Waals surface area contributed by atoms with Crippen LogP contribution >= 0.6 is 11.6 Å². The summed E-state index contributed by atoms with van der Waals surface area (Å²) in [5, 5.41) is 10.0. The monoisotopic (exact) mass is 447 g/mol. The summed E-state index contributed by atoms with van der Waals surface area (Å²) in [6, 6.07) is 6.37. The summed E-state index contributed by atoms with van der Waals surface area (Å²) in [5.74, 6) is -0.825. The van der Waals surface area contributed by atoms with Gasteiger partial charge in [0.1, 0.15) is 11.2 Å². The molecule has 1 atom stereocenters. The molecule has 2 aromatic heterocycles. The van der Waals surface area contributed by atoms with Gasteiger partial charge < -0.3 is 10.6 Å². The number of carbonyl (C=O) groups is 2. The van der Waals surface area contributed by atoms with Crippen LogP contribution in [-0.4, -0.2) is 26.6 Å². The molecule has 4 heterocycles. The number of nitrogens with one attached hydrogen (secondary N) is 2. The van der Waals surface area contributed by atoms with Gasteiger partial charge in [0.25, 0.3) is 0 Å². The quantitative estimate of drug-likeness (QED) is 0.628. The lowest BCUT2D eigenvalue weighted by Gasteiger charge is -2.31. The van der Waals surface area contributed by atoms with Gasteiger partial charge in [-0.1, -0.05) is 11.6 Å². The van der Waals surface area contributed by atoms with Gasteiger partial charge in [-0.3, -0.25) is 14.6 Å². The predicted octanol–water partition coefficient (Wildman–Crippen LogP) is 3.58. The number of aromatic nitrogens is 3. The van der Waals surface area contributed by atoms with E-state index in [0.29, 0.717) is 16.3 Å². The van der Waals surface area contributed by atoms with Crippen LogP contribution in [0.5, 0.6) is 0 Å². The highest BCUT2D eigenvalue weighted by Gasteiger charge is 2.55. The SMILES string of the molecule is O=C1CC2(C(=O)Nc3ccc(C(F)(F)F)cc32)c2cnn(Cc3ccc(Cl)cn3)c2N1. The van der Waals surface area contributed by atoms with E-state index in [1.54, 1.807) is 12.1 Å². The van der Waals surface area contributed by atoms with Crippen LogP contribution in [0.1, 0.15) is 28.8 Å². The Morgan fingerprint density at radius 3 is 2.61 bits per heavy atom. The Labute approximate surface area is 178 Å². The third kappa shape index (κ3) is 2.97. The molecule has 7 nitrogen and oxygen atoms in total. The molecular formula is C20H13ClF3N5O2. The minimum Gasteiger partial charge on any atom is -0.325 e. The molecule has 3 aromatic rings. The molecule has 0 aliphatic carbocycles. The number of pyridine rings is 1. The largest absolute Gasteiger partial charge is 0.416 e.